The first-order valence-corrected chi connectivity index (χ1v) is 6.52. The number of halogens is 1. The van der Waals surface area contributed by atoms with E-state index >= 15 is 0 Å². The van der Waals surface area contributed by atoms with E-state index in [0.717, 1.165) is 11.8 Å². The minimum absolute atomic E-state index is 0.696. The molecule has 0 spiro atoms. The van der Waals surface area contributed by atoms with E-state index in [1.807, 2.05) is 11.8 Å². The summed E-state index contributed by atoms with van der Waals surface area (Å²) in [6.45, 7) is 2.99. The first kappa shape index (κ1) is 11.4. The lowest BCUT2D eigenvalue weighted by Gasteiger charge is -2.19. The molecule has 2 atom stereocenters. The lowest BCUT2D eigenvalue weighted by molar-refractivity contribution is 0.558. The highest BCUT2D eigenvalue weighted by atomic mass is 35.5. The molecule has 0 heterocycles. The summed E-state index contributed by atoms with van der Waals surface area (Å²) in [7, 11) is 0. The molecule has 0 aromatic carbocycles. The maximum atomic E-state index is 5.60. The third-order valence-corrected chi connectivity index (χ3v) is 4.13. The second-order valence-electron chi connectivity index (χ2n) is 3.65. The van der Waals surface area contributed by atoms with Crippen LogP contribution in [0, 0.1) is 0 Å². The van der Waals surface area contributed by atoms with Gasteiger partial charge in [0.15, 0.2) is 0 Å². The van der Waals surface area contributed by atoms with Gasteiger partial charge in [0.05, 0.1) is 0 Å². The van der Waals surface area contributed by atoms with Crippen LogP contribution in [0.4, 0.5) is 0 Å². The molecule has 1 nitrogen and oxygen atoms in total. The van der Waals surface area contributed by atoms with Crippen molar-refractivity contribution in [3.05, 3.63) is 11.1 Å². The van der Waals surface area contributed by atoms with Crippen molar-refractivity contribution in [1.29, 1.82) is 0 Å². The van der Waals surface area contributed by atoms with Gasteiger partial charge in [-0.25, -0.2) is 0 Å². The molecule has 0 aromatic rings. The van der Waals surface area contributed by atoms with Gasteiger partial charge in [-0.1, -0.05) is 18.0 Å². The number of thioether (sulfide) groups is 1. The van der Waals surface area contributed by atoms with Crippen molar-refractivity contribution in [3.63, 3.8) is 0 Å². The summed E-state index contributed by atoms with van der Waals surface area (Å²) in [5, 5.41) is 4.37. The predicted octanol–water partition coefficient (Wildman–Crippen LogP) is 3.00. The van der Waals surface area contributed by atoms with E-state index in [0.29, 0.717) is 6.04 Å². The van der Waals surface area contributed by atoms with Crippen molar-refractivity contribution in [2.45, 2.75) is 37.5 Å². The average Bonchev–Trinajstić information content (AvgIpc) is 2.61. The fourth-order valence-corrected chi connectivity index (χ4v) is 2.81. The molecule has 1 rings (SSSR count). The summed E-state index contributed by atoms with van der Waals surface area (Å²) in [6.07, 6.45) is 6.26. The Morgan fingerprint density at radius 2 is 2.38 bits per heavy atom. The van der Waals surface area contributed by atoms with Crippen LogP contribution >= 0.6 is 23.4 Å². The molecule has 1 aliphatic rings. The van der Waals surface area contributed by atoms with E-state index in [9.17, 15) is 0 Å². The molecule has 1 saturated carbocycles. The number of hydrogen-bond acceptors (Lipinski definition) is 2. The highest BCUT2D eigenvalue weighted by molar-refractivity contribution is 7.99. The van der Waals surface area contributed by atoms with Gasteiger partial charge in [0, 0.05) is 23.4 Å². The van der Waals surface area contributed by atoms with Gasteiger partial charge >= 0.3 is 0 Å². The van der Waals surface area contributed by atoms with E-state index in [1.54, 1.807) is 5.54 Å². The first-order valence-electron chi connectivity index (χ1n) is 4.80. The normalized spacial score (nSPS) is 29.6. The molecular weight excluding hydrogens is 202 g/mol. The summed E-state index contributed by atoms with van der Waals surface area (Å²) in [5.41, 5.74) is 2.88. The number of rotatable bonds is 4. The van der Waals surface area contributed by atoms with Crippen LogP contribution in [0.15, 0.2) is 11.1 Å². The fourth-order valence-electron chi connectivity index (χ4n) is 1.77. The average molecular weight is 220 g/mol. The van der Waals surface area contributed by atoms with E-state index in [2.05, 4.69) is 18.5 Å². The van der Waals surface area contributed by atoms with Crippen LogP contribution in [0.5, 0.6) is 0 Å². The Morgan fingerprint density at radius 1 is 1.62 bits per heavy atom. The molecule has 1 fully saturated rings. The third kappa shape index (κ3) is 3.53. The second-order valence-corrected chi connectivity index (χ2v) is 4.94. The number of nitrogens with one attached hydrogen (secondary N) is 1. The van der Waals surface area contributed by atoms with Crippen LogP contribution < -0.4 is 5.32 Å². The largest absolute Gasteiger partial charge is 0.309 e. The molecule has 13 heavy (non-hydrogen) atoms. The lowest BCUT2D eigenvalue weighted by atomic mass is 10.2. The summed E-state index contributed by atoms with van der Waals surface area (Å²) >= 11 is 7.59. The zero-order valence-corrected chi connectivity index (χ0v) is 9.92. The molecule has 0 aromatic heterocycles. The summed E-state index contributed by atoms with van der Waals surface area (Å²) in [5.74, 6) is 0. The van der Waals surface area contributed by atoms with E-state index < -0.39 is 0 Å². The first-order chi connectivity index (χ1) is 6.27. The molecule has 0 saturated heterocycles. The van der Waals surface area contributed by atoms with Crippen molar-refractivity contribution in [3.8, 4) is 0 Å². The second kappa shape index (κ2) is 5.94. The standard InChI is InChI=1S/C10H18ClNS/c1-8(6-11)7-12-9-4-3-5-10(9)13-2/h6,9-10,12H,3-5,7H2,1-2H3. The van der Waals surface area contributed by atoms with Crippen LogP contribution in [-0.2, 0) is 0 Å². The highest BCUT2D eigenvalue weighted by Gasteiger charge is 2.25. The molecule has 1 aliphatic carbocycles. The van der Waals surface area contributed by atoms with Crippen molar-refractivity contribution in [2.75, 3.05) is 12.8 Å². The van der Waals surface area contributed by atoms with Gasteiger partial charge in [0.2, 0.25) is 0 Å². The Bertz CT molecular complexity index is 182. The Hall–Kier alpha value is 0.340. The summed E-state index contributed by atoms with van der Waals surface area (Å²) < 4.78 is 0. The van der Waals surface area contributed by atoms with Gasteiger partial charge in [-0.3, -0.25) is 0 Å². The summed E-state index contributed by atoms with van der Waals surface area (Å²) in [4.78, 5) is 0. The Morgan fingerprint density at radius 3 is 3.00 bits per heavy atom. The summed E-state index contributed by atoms with van der Waals surface area (Å²) in [6, 6.07) is 0.696. The van der Waals surface area contributed by atoms with Gasteiger partial charge in [-0.05, 0) is 31.6 Å². The molecular formula is C10H18ClNS. The lowest BCUT2D eigenvalue weighted by Crippen LogP contribution is -2.34. The zero-order valence-electron chi connectivity index (χ0n) is 8.35. The third-order valence-electron chi connectivity index (χ3n) is 2.58. The predicted molar refractivity (Wildman–Crippen MR) is 62.6 cm³/mol. The molecule has 2 unspecified atom stereocenters. The molecule has 0 radical (unpaired) electrons. The van der Waals surface area contributed by atoms with E-state index in [1.165, 1.54) is 24.8 Å². The van der Waals surface area contributed by atoms with Gasteiger partial charge in [-0.2, -0.15) is 11.8 Å². The van der Waals surface area contributed by atoms with Crippen LogP contribution in [0.25, 0.3) is 0 Å². The van der Waals surface area contributed by atoms with E-state index in [-0.39, 0.29) is 0 Å². The van der Waals surface area contributed by atoms with Crippen molar-refractivity contribution in [1.82, 2.24) is 5.32 Å². The van der Waals surface area contributed by atoms with Crippen molar-refractivity contribution in [2.24, 2.45) is 0 Å². The SMILES string of the molecule is CSC1CCCC1NCC(C)=CCl. The van der Waals surface area contributed by atoms with Crippen molar-refractivity contribution < 1.29 is 0 Å². The van der Waals surface area contributed by atoms with Crippen LogP contribution in [0.3, 0.4) is 0 Å². The molecule has 1 N–H and O–H groups in total. The monoisotopic (exact) mass is 219 g/mol. The van der Waals surface area contributed by atoms with Gasteiger partial charge in [0.1, 0.15) is 0 Å². The topological polar surface area (TPSA) is 12.0 Å². The van der Waals surface area contributed by atoms with Gasteiger partial charge in [0.25, 0.3) is 0 Å². The minimum atomic E-state index is 0.696. The van der Waals surface area contributed by atoms with Crippen LogP contribution in [0.2, 0.25) is 0 Å². The Labute approximate surface area is 90.3 Å². The molecule has 3 heteroatoms. The molecule has 0 amide bonds. The van der Waals surface area contributed by atoms with Gasteiger partial charge < -0.3 is 5.32 Å². The van der Waals surface area contributed by atoms with Gasteiger partial charge in [-0.15, -0.1) is 0 Å². The maximum absolute atomic E-state index is 5.60. The Kier molecular flexibility index (Phi) is 5.22. The Balaban J connectivity index is 2.27. The smallest absolute Gasteiger partial charge is 0.0198 e. The molecule has 0 aliphatic heterocycles. The highest BCUT2D eigenvalue weighted by Crippen LogP contribution is 2.28. The molecule has 0 bridgehead atoms. The fraction of sp³-hybridized carbons (Fsp3) is 0.800. The van der Waals surface area contributed by atoms with Crippen LogP contribution in [-0.4, -0.2) is 24.1 Å². The molecule has 76 valence electrons. The van der Waals surface area contributed by atoms with E-state index in [4.69, 9.17) is 11.6 Å². The minimum Gasteiger partial charge on any atom is -0.309 e. The zero-order chi connectivity index (χ0) is 9.68. The quantitative estimate of drug-likeness (QED) is 0.780. The van der Waals surface area contributed by atoms with Crippen LogP contribution in [0.1, 0.15) is 26.2 Å². The van der Waals surface area contributed by atoms with Crippen molar-refractivity contribution >= 4 is 23.4 Å². The number of hydrogen-bond donors (Lipinski definition) is 1. The maximum Gasteiger partial charge on any atom is 0.0198 e.